The molecule has 1 amide bonds. The Morgan fingerprint density at radius 2 is 1.83 bits per heavy atom. The van der Waals surface area contributed by atoms with E-state index >= 15 is 0 Å². The monoisotopic (exact) mass is 427 g/mol. The van der Waals surface area contributed by atoms with Gasteiger partial charge in [-0.3, -0.25) is 14.2 Å². The Kier molecular flexibility index (Phi) is 5.49. The lowest BCUT2D eigenvalue weighted by atomic mass is 9.92. The first-order valence-electron chi connectivity index (χ1n) is 10.0. The van der Waals surface area contributed by atoms with Crippen molar-refractivity contribution in [2.75, 3.05) is 5.32 Å². The van der Waals surface area contributed by atoms with Crippen LogP contribution in [-0.4, -0.2) is 25.2 Å². The Morgan fingerprint density at radius 3 is 2.40 bits per heavy atom. The van der Waals surface area contributed by atoms with Gasteiger partial charge in [0.1, 0.15) is 5.82 Å². The summed E-state index contributed by atoms with van der Waals surface area (Å²) in [4.78, 5) is 28.6. The molecule has 2 aromatic heterocycles. The number of hydrogen-bond acceptors (Lipinski definition) is 4. The van der Waals surface area contributed by atoms with Crippen LogP contribution in [0, 0.1) is 4.77 Å². The third-order valence-electron chi connectivity index (χ3n) is 4.92. The number of nitrogens with one attached hydrogen (secondary N) is 2. The van der Waals surface area contributed by atoms with Crippen LogP contribution in [0.2, 0.25) is 0 Å². The van der Waals surface area contributed by atoms with Gasteiger partial charge in [-0.1, -0.05) is 20.8 Å². The molecule has 0 atom stereocenters. The first kappa shape index (κ1) is 22.0. The Hall–Kier alpha value is -2.74. The van der Waals surface area contributed by atoms with E-state index in [1.807, 2.05) is 38.4 Å². The molecule has 1 aromatic carbocycles. The van der Waals surface area contributed by atoms with E-state index in [0.717, 1.165) is 5.69 Å². The summed E-state index contributed by atoms with van der Waals surface area (Å²) < 4.78 is 3.67. The predicted octanol–water partition coefficient (Wildman–Crippen LogP) is 4.58. The largest absolute Gasteiger partial charge is 0.332 e. The SMILES string of the molecule is CCn1c(=S)[nH]c2cc(C(=O)Nc3cc(C(C)(C)C)nn3C(C)(C)C)ccc2c1=O. The van der Waals surface area contributed by atoms with Crippen LogP contribution >= 0.6 is 12.2 Å². The van der Waals surface area contributed by atoms with E-state index in [1.165, 1.54) is 4.57 Å². The summed E-state index contributed by atoms with van der Waals surface area (Å²) in [7, 11) is 0. The highest BCUT2D eigenvalue weighted by Gasteiger charge is 2.26. The van der Waals surface area contributed by atoms with Gasteiger partial charge in [0, 0.05) is 23.6 Å². The van der Waals surface area contributed by atoms with Crippen LogP contribution in [0.25, 0.3) is 10.9 Å². The fourth-order valence-corrected chi connectivity index (χ4v) is 3.54. The number of benzene rings is 1. The molecule has 30 heavy (non-hydrogen) atoms. The van der Waals surface area contributed by atoms with Crippen LogP contribution < -0.4 is 10.9 Å². The molecule has 0 aliphatic carbocycles. The third-order valence-corrected chi connectivity index (χ3v) is 5.24. The van der Waals surface area contributed by atoms with Gasteiger partial charge < -0.3 is 10.3 Å². The van der Waals surface area contributed by atoms with E-state index in [-0.39, 0.29) is 22.4 Å². The maximum Gasteiger partial charge on any atom is 0.262 e. The summed E-state index contributed by atoms with van der Waals surface area (Å²) in [5, 5.41) is 8.21. The van der Waals surface area contributed by atoms with Crippen LogP contribution in [0.15, 0.2) is 29.1 Å². The first-order valence-corrected chi connectivity index (χ1v) is 10.4. The molecule has 0 aliphatic heterocycles. The van der Waals surface area contributed by atoms with Crippen LogP contribution in [0.5, 0.6) is 0 Å². The summed E-state index contributed by atoms with van der Waals surface area (Å²) in [5.41, 5.74) is 1.26. The van der Waals surface area contributed by atoms with Crippen LogP contribution in [0.1, 0.15) is 64.5 Å². The zero-order chi connectivity index (χ0) is 22.4. The number of rotatable bonds is 3. The van der Waals surface area contributed by atoms with Gasteiger partial charge in [-0.25, -0.2) is 4.68 Å². The Morgan fingerprint density at radius 1 is 1.17 bits per heavy atom. The van der Waals surface area contributed by atoms with Crippen LogP contribution in [0.3, 0.4) is 0 Å². The van der Waals surface area contributed by atoms with E-state index in [4.69, 9.17) is 17.3 Å². The summed E-state index contributed by atoms with van der Waals surface area (Å²) in [6.07, 6.45) is 0. The summed E-state index contributed by atoms with van der Waals surface area (Å²) in [6.45, 7) is 14.7. The van der Waals surface area contributed by atoms with Crippen molar-refractivity contribution < 1.29 is 4.79 Å². The highest BCUT2D eigenvalue weighted by atomic mass is 32.1. The van der Waals surface area contributed by atoms with E-state index in [0.29, 0.717) is 33.6 Å². The second-order valence-corrected chi connectivity index (χ2v) is 9.83. The third kappa shape index (κ3) is 4.09. The van der Waals surface area contributed by atoms with Crippen LogP contribution in [-0.2, 0) is 17.5 Å². The van der Waals surface area contributed by atoms with Gasteiger partial charge in [-0.2, -0.15) is 5.10 Å². The molecule has 0 fully saturated rings. The molecule has 7 nitrogen and oxygen atoms in total. The van der Waals surface area contributed by atoms with Crippen molar-refractivity contribution in [3.8, 4) is 0 Å². The quantitative estimate of drug-likeness (QED) is 0.599. The zero-order valence-electron chi connectivity index (χ0n) is 18.6. The van der Waals surface area contributed by atoms with Crippen molar-refractivity contribution in [2.45, 2.75) is 66.0 Å². The minimum Gasteiger partial charge on any atom is -0.332 e. The summed E-state index contributed by atoms with van der Waals surface area (Å²) in [6, 6.07) is 6.88. The van der Waals surface area contributed by atoms with Crippen molar-refractivity contribution in [2.24, 2.45) is 0 Å². The zero-order valence-corrected chi connectivity index (χ0v) is 19.4. The highest BCUT2D eigenvalue weighted by molar-refractivity contribution is 7.71. The first-order chi connectivity index (χ1) is 13.8. The topological polar surface area (TPSA) is 84.7 Å². The van der Waals surface area contributed by atoms with Gasteiger partial charge >= 0.3 is 0 Å². The second-order valence-electron chi connectivity index (χ2n) is 9.44. The molecule has 3 rings (SSSR count). The fraction of sp³-hybridized carbons (Fsp3) is 0.455. The maximum atomic E-state index is 13.0. The molecule has 160 valence electrons. The fourth-order valence-electron chi connectivity index (χ4n) is 3.22. The molecule has 0 aliphatic rings. The smallest absolute Gasteiger partial charge is 0.262 e. The lowest BCUT2D eigenvalue weighted by Crippen LogP contribution is -2.27. The number of amides is 1. The van der Waals surface area contributed by atoms with Gasteiger partial charge in [0.15, 0.2) is 4.77 Å². The normalized spacial score (nSPS) is 12.4. The lowest BCUT2D eigenvalue weighted by Gasteiger charge is -2.23. The number of fused-ring (bicyclic) bond motifs is 1. The number of aromatic nitrogens is 4. The van der Waals surface area contributed by atoms with Gasteiger partial charge in [-0.15, -0.1) is 0 Å². The molecule has 3 aromatic rings. The average Bonchev–Trinajstić information content (AvgIpc) is 3.06. The standard InChI is InChI=1S/C22H29N5O2S/c1-8-26-19(29)14-10-9-13(11-15(14)23-20(26)30)18(28)24-17-12-16(21(2,3)4)25-27(17)22(5,6)7/h9-12H,8H2,1-7H3,(H,23,30)(H,24,28). The van der Waals surface area contributed by atoms with Gasteiger partial charge in [-0.05, 0) is 58.1 Å². The Labute approximate surface area is 181 Å². The Bertz CT molecular complexity index is 1240. The molecule has 0 bridgehead atoms. The molecular weight excluding hydrogens is 398 g/mol. The minimum atomic E-state index is -0.300. The molecule has 0 radical (unpaired) electrons. The molecule has 0 spiro atoms. The molecule has 0 saturated carbocycles. The van der Waals surface area contributed by atoms with E-state index < -0.39 is 0 Å². The van der Waals surface area contributed by atoms with Crippen molar-refractivity contribution in [1.82, 2.24) is 19.3 Å². The van der Waals surface area contributed by atoms with E-state index in [1.54, 1.807) is 18.2 Å². The van der Waals surface area contributed by atoms with Gasteiger partial charge in [0.25, 0.3) is 11.5 Å². The van der Waals surface area contributed by atoms with Crippen molar-refractivity contribution in [1.29, 1.82) is 0 Å². The van der Waals surface area contributed by atoms with Crippen molar-refractivity contribution >= 4 is 34.8 Å². The summed E-state index contributed by atoms with van der Waals surface area (Å²) >= 11 is 5.27. The molecule has 0 saturated heterocycles. The predicted molar refractivity (Wildman–Crippen MR) is 123 cm³/mol. The number of H-pyrrole nitrogens is 1. The number of carbonyl (C=O) groups is 1. The molecule has 2 heterocycles. The van der Waals surface area contributed by atoms with Crippen molar-refractivity contribution in [3.63, 3.8) is 0 Å². The Balaban J connectivity index is 2.02. The number of nitrogens with zero attached hydrogens (tertiary/aromatic N) is 3. The van der Waals surface area contributed by atoms with Gasteiger partial charge in [0.05, 0.1) is 22.1 Å². The van der Waals surface area contributed by atoms with Crippen molar-refractivity contribution in [3.05, 3.63) is 50.6 Å². The molecular formula is C22H29N5O2S. The molecule has 0 unspecified atom stereocenters. The number of anilines is 1. The summed E-state index contributed by atoms with van der Waals surface area (Å²) in [5.74, 6) is 0.355. The van der Waals surface area contributed by atoms with Crippen LogP contribution in [0.4, 0.5) is 5.82 Å². The number of aromatic amines is 1. The molecule has 2 N–H and O–H groups in total. The minimum absolute atomic E-state index is 0.146. The second kappa shape index (κ2) is 7.50. The average molecular weight is 428 g/mol. The van der Waals surface area contributed by atoms with Gasteiger partial charge in [0.2, 0.25) is 0 Å². The van der Waals surface area contributed by atoms with E-state index in [2.05, 4.69) is 31.1 Å². The van der Waals surface area contributed by atoms with E-state index in [9.17, 15) is 9.59 Å². The highest BCUT2D eigenvalue weighted by Crippen LogP contribution is 2.28. The number of carbonyl (C=O) groups excluding carboxylic acids is 1. The lowest BCUT2D eigenvalue weighted by molar-refractivity contribution is 0.102. The maximum absolute atomic E-state index is 13.0. The number of hydrogen-bond donors (Lipinski definition) is 2. The molecule has 8 heteroatoms.